The smallest absolute Gasteiger partial charge is 0.387 e. The summed E-state index contributed by atoms with van der Waals surface area (Å²) in [5, 5.41) is 5.75. The molecule has 0 saturated heterocycles. The van der Waals surface area contributed by atoms with Crippen LogP contribution in [0.5, 0.6) is 5.75 Å². The molecule has 7 heteroatoms. The zero-order chi connectivity index (χ0) is 21.5. The minimum atomic E-state index is -2.91. The van der Waals surface area contributed by atoms with Gasteiger partial charge in [0, 0.05) is 17.2 Å². The molecule has 0 aromatic heterocycles. The highest BCUT2D eigenvalue weighted by Gasteiger charge is 2.21. The van der Waals surface area contributed by atoms with E-state index in [0.29, 0.717) is 16.8 Å². The van der Waals surface area contributed by atoms with E-state index in [0.717, 1.165) is 25.7 Å². The average Bonchev–Trinajstić information content (AvgIpc) is 2.74. The Labute approximate surface area is 174 Å². The molecule has 1 aliphatic carbocycles. The highest BCUT2D eigenvalue weighted by atomic mass is 19.3. The van der Waals surface area contributed by atoms with Gasteiger partial charge in [0.15, 0.2) is 0 Å². The van der Waals surface area contributed by atoms with Gasteiger partial charge in [0.1, 0.15) is 5.75 Å². The Bertz CT molecular complexity index is 882. The molecule has 2 N–H and O–H groups in total. The van der Waals surface area contributed by atoms with E-state index in [9.17, 15) is 18.4 Å². The van der Waals surface area contributed by atoms with Crippen LogP contribution in [0.4, 0.5) is 14.5 Å². The predicted octanol–water partition coefficient (Wildman–Crippen LogP) is 5.30. The maximum Gasteiger partial charge on any atom is 0.387 e. The number of halogens is 2. The van der Waals surface area contributed by atoms with Crippen molar-refractivity contribution in [2.75, 3.05) is 5.32 Å². The van der Waals surface area contributed by atoms with Crippen LogP contribution in [-0.4, -0.2) is 18.4 Å². The second-order valence-corrected chi connectivity index (χ2v) is 7.55. The van der Waals surface area contributed by atoms with E-state index < -0.39 is 12.7 Å². The van der Waals surface area contributed by atoms with E-state index in [-0.39, 0.29) is 23.5 Å². The Morgan fingerprint density at radius 2 is 1.77 bits per heavy atom. The number of rotatable bonds is 7. The van der Waals surface area contributed by atoms with Crippen molar-refractivity contribution in [3.63, 3.8) is 0 Å². The fourth-order valence-corrected chi connectivity index (χ4v) is 3.67. The van der Waals surface area contributed by atoms with Crippen molar-refractivity contribution in [1.29, 1.82) is 0 Å². The second kappa shape index (κ2) is 10.2. The number of carbonyl (C=O) groups is 2. The molecule has 0 bridgehead atoms. The Kier molecular flexibility index (Phi) is 7.38. The number of benzene rings is 2. The zero-order valence-corrected chi connectivity index (χ0v) is 16.9. The summed E-state index contributed by atoms with van der Waals surface area (Å²) in [5.74, 6) is -0.261. The van der Waals surface area contributed by atoms with Gasteiger partial charge in [-0.3, -0.25) is 9.59 Å². The summed E-state index contributed by atoms with van der Waals surface area (Å²) in [7, 11) is 0. The van der Waals surface area contributed by atoms with Crippen molar-refractivity contribution in [2.24, 2.45) is 5.92 Å². The van der Waals surface area contributed by atoms with Gasteiger partial charge in [-0.1, -0.05) is 37.5 Å². The Morgan fingerprint density at radius 3 is 2.50 bits per heavy atom. The molecular weight excluding hydrogens is 390 g/mol. The van der Waals surface area contributed by atoms with E-state index in [2.05, 4.69) is 15.4 Å². The van der Waals surface area contributed by atoms with Crippen LogP contribution < -0.4 is 15.4 Å². The Hall–Kier alpha value is -2.96. The Morgan fingerprint density at radius 1 is 1.03 bits per heavy atom. The third-order valence-corrected chi connectivity index (χ3v) is 5.30. The molecule has 5 nitrogen and oxygen atoms in total. The molecule has 2 aromatic rings. The number of carbonyl (C=O) groups excluding carboxylic acids is 2. The fourth-order valence-electron chi connectivity index (χ4n) is 3.67. The summed E-state index contributed by atoms with van der Waals surface area (Å²) in [5.41, 5.74) is 1.63. The number of alkyl halides is 2. The molecule has 0 radical (unpaired) electrons. The molecule has 2 amide bonds. The first-order chi connectivity index (χ1) is 14.4. The molecule has 160 valence electrons. The lowest BCUT2D eigenvalue weighted by molar-refractivity contribution is -0.120. The van der Waals surface area contributed by atoms with Gasteiger partial charge in [-0.2, -0.15) is 8.78 Å². The maximum atomic E-state index is 12.7. The van der Waals surface area contributed by atoms with Crippen molar-refractivity contribution in [3.05, 3.63) is 59.7 Å². The first kappa shape index (κ1) is 21.7. The summed E-state index contributed by atoms with van der Waals surface area (Å²) in [4.78, 5) is 25.1. The summed E-state index contributed by atoms with van der Waals surface area (Å²) in [6.07, 6.45) is 5.12. The number of anilines is 1. The first-order valence-corrected chi connectivity index (χ1v) is 10.2. The van der Waals surface area contributed by atoms with Crippen molar-refractivity contribution in [1.82, 2.24) is 5.32 Å². The number of hydrogen-bond acceptors (Lipinski definition) is 3. The third-order valence-electron chi connectivity index (χ3n) is 5.30. The zero-order valence-electron chi connectivity index (χ0n) is 16.9. The van der Waals surface area contributed by atoms with Gasteiger partial charge in [0.25, 0.3) is 5.91 Å². The van der Waals surface area contributed by atoms with Gasteiger partial charge in [0.05, 0.1) is 6.04 Å². The number of amides is 2. The molecule has 3 rings (SSSR count). The SMILES string of the molecule is CC(NC(=O)c1cccc(NC(=O)C2CCCCC2)c1)c1cccc(OC(F)F)c1. The van der Waals surface area contributed by atoms with Crippen LogP contribution in [-0.2, 0) is 4.79 Å². The van der Waals surface area contributed by atoms with Crippen LogP contribution in [0.1, 0.15) is 61.0 Å². The molecule has 1 unspecified atom stereocenters. The predicted molar refractivity (Wildman–Crippen MR) is 111 cm³/mol. The van der Waals surface area contributed by atoms with Gasteiger partial charge < -0.3 is 15.4 Å². The molecule has 0 heterocycles. The molecule has 1 aliphatic rings. The minimum Gasteiger partial charge on any atom is -0.435 e. The first-order valence-electron chi connectivity index (χ1n) is 10.2. The lowest BCUT2D eigenvalue weighted by Crippen LogP contribution is -2.27. The molecule has 1 fully saturated rings. The van der Waals surface area contributed by atoms with Gasteiger partial charge in [-0.25, -0.2) is 0 Å². The summed E-state index contributed by atoms with van der Waals surface area (Å²) in [6, 6.07) is 12.6. The average molecular weight is 416 g/mol. The quantitative estimate of drug-likeness (QED) is 0.644. The summed E-state index contributed by atoms with van der Waals surface area (Å²) < 4.78 is 29.2. The Balaban J connectivity index is 1.62. The number of nitrogens with one attached hydrogen (secondary N) is 2. The molecular formula is C23H26F2N2O3. The van der Waals surface area contributed by atoms with E-state index in [1.54, 1.807) is 43.3 Å². The standard InChI is InChI=1S/C23H26F2N2O3/c1-15(17-9-6-12-20(14-17)30-23(24)25)26-22(29)18-10-5-11-19(13-18)27-21(28)16-7-3-2-4-8-16/h5-6,9-16,23H,2-4,7-8H2,1H3,(H,26,29)(H,27,28). The minimum absolute atomic E-state index is 0.00327. The van der Waals surface area contributed by atoms with E-state index >= 15 is 0 Å². The largest absolute Gasteiger partial charge is 0.435 e. The molecule has 1 saturated carbocycles. The molecule has 0 spiro atoms. The number of ether oxygens (including phenoxy) is 1. The van der Waals surface area contributed by atoms with Gasteiger partial charge >= 0.3 is 6.61 Å². The van der Waals surface area contributed by atoms with Crippen molar-refractivity contribution >= 4 is 17.5 Å². The van der Waals surface area contributed by atoms with Gasteiger partial charge in [-0.15, -0.1) is 0 Å². The summed E-state index contributed by atoms with van der Waals surface area (Å²) in [6.45, 7) is -1.15. The molecule has 1 atom stereocenters. The van der Waals surface area contributed by atoms with Crippen LogP contribution in [0.2, 0.25) is 0 Å². The highest BCUT2D eigenvalue weighted by Crippen LogP contribution is 2.25. The fraction of sp³-hybridized carbons (Fsp3) is 0.391. The van der Waals surface area contributed by atoms with Crippen LogP contribution in [0.25, 0.3) is 0 Å². The van der Waals surface area contributed by atoms with Crippen molar-refractivity contribution in [2.45, 2.75) is 51.7 Å². The topological polar surface area (TPSA) is 67.4 Å². The second-order valence-electron chi connectivity index (χ2n) is 7.55. The lowest BCUT2D eigenvalue weighted by Gasteiger charge is -2.21. The summed E-state index contributed by atoms with van der Waals surface area (Å²) >= 11 is 0. The van der Waals surface area contributed by atoms with Crippen LogP contribution in [0.3, 0.4) is 0 Å². The monoisotopic (exact) mass is 416 g/mol. The van der Waals surface area contributed by atoms with E-state index in [4.69, 9.17) is 0 Å². The van der Waals surface area contributed by atoms with Crippen LogP contribution >= 0.6 is 0 Å². The maximum absolute atomic E-state index is 12.7. The third kappa shape index (κ3) is 6.02. The highest BCUT2D eigenvalue weighted by molar-refractivity contribution is 5.97. The number of hydrogen-bond donors (Lipinski definition) is 2. The van der Waals surface area contributed by atoms with Crippen molar-refractivity contribution in [3.8, 4) is 5.75 Å². The molecule has 2 aromatic carbocycles. The normalized spacial score (nSPS) is 15.5. The van der Waals surface area contributed by atoms with Crippen LogP contribution in [0.15, 0.2) is 48.5 Å². The van der Waals surface area contributed by atoms with E-state index in [1.165, 1.54) is 18.6 Å². The van der Waals surface area contributed by atoms with Crippen LogP contribution in [0, 0.1) is 5.92 Å². The molecule has 0 aliphatic heterocycles. The van der Waals surface area contributed by atoms with E-state index in [1.807, 2.05) is 0 Å². The van der Waals surface area contributed by atoms with Gasteiger partial charge in [0.2, 0.25) is 5.91 Å². The molecule has 30 heavy (non-hydrogen) atoms. The van der Waals surface area contributed by atoms with Crippen molar-refractivity contribution < 1.29 is 23.1 Å². The lowest BCUT2D eigenvalue weighted by atomic mass is 9.88. The van der Waals surface area contributed by atoms with Gasteiger partial charge in [-0.05, 0) is 55.7 Å².